The van der Waals surface area contributed by atoms with E-state index in [1.54, 1.807) is 0 Å². The van der Waals surface area contributed by atoms with Crippen molar-refractivity contribution >= 4 is 16.4 Å². The first-order valence-electron chi connectivity index (χ1n) is 3.14. The number of furan rings is 1. The third-order valence-corrected chi connectivity index (χ3v) is 2.09. The Morgan fingerprint density at radius 3 is 2.46 bits per heavy atom. The SMILES string of the molecule is O=Cc1ccc(C(O)S(=O)(=O)O)o1. The molecule has 1 unspecified atom stereocenters. The second-order valence-corrected chi connectivity index (χ2v) is 3.70. The van der Waals surface area contributed by atoms with Crippen LogP contribution in [0.3, 0.4) is 0 Å². The molecular weight excluding hydrogens is 200 g/mol. The number of hydrogen-bond acceptors (Lipinski definition) is 5. The summed E-state index contributed by atoms with van der Waals surface area (Å²) in [5.74, 6) is -0.526. The lowest BCUT2D eigenvalue weighted by Gasteiger charge is -2.01. The maximum Gasteiger partial charge on any atom is 0.299 e. The molecule has 1 heterocycles. The Bertz CT molecular complexity index is 403. The van der Waals surface area contributed by atoms with Crippen molar-refractivity contribution in [2.24, 2.45) is 0 Å². The molecule has 1 atom stereocenters. The van der Waals surface area contributed by atoms with Gasteiger partial charge in [0.2, 0.25) is 5.44 Å². The average molecular weight is 206 g/mol. The molecule has 0 spiro atoms. The first kappa shape index (κ1) is 9.90. The van der Waals surface area contributed by atoms with E-state index in [0.717, 1.165) is 6.07 Å². The van der Waals surface area contributed by atoms with Crippen LogP contribution in [-0.2, 0) is 10.1 Å². The number of aliphatic hydroxyl groups excluding tert-OH is 1. The monoisotopic (exact) mass is 206 g/mol. The molecule has 0 saturated heterocycles. The third-order valence-electron chi connectivity index (χ3n) is 1.29. The van der Waals surface area contributed by atoms with Crippen LogP contribution in [0.25, 0.3) is 0 Å². The fraction of sp³-hybridized carbons (Fsp3) is 0.167. The molecule has 0 fully saturated rings. The van der Waals surface area contributed by atoms with Crippen molar-refractivity contribution in [3.05, 3.63) is 23.7 Å². The Hall–Kier alpha value is -1.18. The highest BCUT2D eigenvalue weighted by Gasteiger charge is 2.25. The van der Waals surface area contributed by atoms with Gasteiger partial charge in [-0.05, 0) is 12.1 Å². The minimum absolute atomic E-state index is 0.127. The van der Waals surface area contributed by atoms with Crippen LogP contribution in [0.4, 0.5) is 0 Å². The minimum Gasteiger partial charge on any atom is -0.454 e. The molecule has 0 aliphatic carbocycles. The molecule has 2 N–H and O–H groups in total. The Morgan fingerprint density at radius 2 is 2.08 bits per heavy atom. The van der Waals surface area contributed by atoms with Gasteiger partial charge < -0.3 is 9.52 Å². The zero-order valence-electron chi connectivity index (χ0n) is 6.25. The van der Waals surface area contributed by atoms with Gasteiger partial charge in [-0.25, -0.2) is 0 Å². The highest BCUT2D eigenvalue weighted by atomic mass is 32.2. The van der Waals surface area contributed by atoms with E-state index in [2.05, 4.69) is 4.42 Å². The summed E-state index contributed by atoms with van der Waals surface area (Å²) < 4.78 is 33.7. The topological polar surface area (TPSA) is 105 Å². The number of carbonyl (C=O) groups excluding carboxylic acids is 1. The molecule has 1 aromatic heterocycles. The largest absolute Gasteiger partial charge is 0.454 e. The van der Waals surface area contributed by atoms with Gasteiger partial charge >= 0.3 is 0 Å². The zero-order valence-corrected chi connectivity index (χ0v) is 7.06. The number of rotatable bonds is 3. The van der Waals surface area contributed by atoms with Gasteiger partial charge in [-0.1, -0.05) is 0 Å². The molecule has 0 aliphatic rings. The number of carbonyl (C=O) groups is 1. The molecule has 1 aromatic rings. The van der Waals surface area contributed by atoms with Crippen molar-refractivity contribution in [1.82, 2.24) is 0 Å². The zero-order chi connectivity index (χ0) is 10.1. The molecule has 1 rings (SSSR count). The van der Waals surface area contributed by atoms with Crippen LogP contribution in [0.15, 0.2) is 16.5 Å². The van der Waals surface area contributed by atoms with Crippen LogP contribution < -0.4 is 0 Å². The lowest BCUT2D eigenvalue weighted by molar-refractivity contribution is 0.109. The molecule has 6 nitrogen and oxygen atoms in total. The Balaban J connectivity index is 3.02. The van der Waals surface area contributed by atoms with Crippen molar-refractivity contribution in [2.45, 2.75) is 5.44 Å². The quantitative estimate of drug-likeness (QED) is 0.531. The van der Waals surface area contributed by atoms with Crippen LogP contribution in [0, 0.1) is 0 Å². The van der Waals surface area contributed by atoms with Crippen molar-refractivity contribution in [3.63, 3.8) is 0 Å². The molecule has 72 valence electrons. The van der Waals surface area contributed by atoms with Gasteiger partial charge in [0.1, 0.15) is 0 Å². The lowest BCUT2D eigenvalue weighted by atomic mass is 10.4. The van der Waals surface area contributed by atoms with Crippen LogP contribution in [-0.4, -0.2) is 24.4 Å². The summed E-state index contributed by atoms with van der Waals surface area (Å²) >= 11 is 0. The fourth-order valence-corrected chi connectivity index (χ4v) is 1.13. The van der Waals surface area contributed by atoms with E-state index in [4.69, 9.17) is 9.66 Å². The van der Waals surface area contributed by atoms with Crippen molar-refractivity contribution in [1.29, 1.82) is 0 Å². The number of aliphatic hydroxyl groups is 1. The summed E-state index contributed by atoms with van der Waals surface area (Å²) in [5.41, 5.74) is -2.15. The van der Waals surface area contributed by atoms with Gasteiger partial charge in [0.15, 0.2) is 17.8 Å². The second kappa shape index (κ2) is 3.29. The molecule has 0 aromatic carbocycles. The molecule has 0 aliphatic heterocycles. The smallest absolute Gasteiger partial charge is 0.299 e. The molecule has 0 radical (unpaired) electrons. The van der Waals surface area contributed by atoms with Crippen molar-refractivity contribution < 1.29 is 27.3 Å². The van der Waals surface area contributed by atoms with Gasteiger partial charge in [0.05, 0.1) is 0 Å². The standard InChI is InChI=1S/C6H6O6S/c7-3-4-1-2-5(12-4)6(8)13(9,10)11/h1-3,6,8H,(H,9,10,11). The first-order chi connectivity index (χ1) is 5.95. The normalized spacial score (nSPS) is 14.0. The fourth-order valence-electron chi connectivity index (χ4n) is 0.711. The maximum absolute atomic E-state index is 10.4. The minimum atomic E-state index is -4.60. The van der Waals surface area contributed by atoms with E-state index in [1.165, 1.54) is 6.07 Å². The predicted molar refractivity (Wildman–Crippen MR) is 40.6 cm³/mol. The number of aldehydes is 1. The van der Waals surface area contributed by atoms with Crippen LogP contribution >= 0.6 is 0 Å². The van der Waals surface area contributed by atoms with Crippen LogP contribution in [0.1, 0.15) is 21.8 Å². The Morgan fingerprint density at radius 1 is 1.46 bits per heavy atom. The summed E-state index contributed by atoms with van der Waals surface area (Å²) in [7, 11) is -4.60. The lowest BCUT2D eigenvalue weighted by Crippen LogP contribution is -2.10. The van der Waals surface area contributed by atoms with Crippen LogP contribution in [0.2, 0.25) is 0 Å². The van der Waals surface area contributed by atoms with Crippen LogP contribution in [0.5, 0.6) is 0 Å². The highest BCUT2D eigenvalue weighted by molar-refractivity contribution is 7.85. The van der Waals surface area contributed by atoms with E-state index in [0.29, 0.717) is 6.29 Å². The molecule has 0 amide bonds. The molecule has 0 bridgehead atoms. The number of hydrogen-bond donors (Lipinski definition) is 2. The van der Waals surface area contributed by atoms with E-state index >= 15 is 0 Å². The molecule has 0 saturated carbocycles. The Labute approximate surface area is 73.5 Å². The molecule has 13 heavy (non-hydrogen) atoms. The van der Waals surface area contributed by atoms with Gasteiger partial charge in [-0.2, -0.15) is 8.42 Å². The van der Waals surface area contributed by atoms with E-state index in [-0.39, 0.29) is 5.76 Å². The summed E-state index contributed by atoms with van der Waals surface area (Å²) in [4.78, 5) is 10.1. The van der Waals surface area contributed by atoms with Gasteiger partial charge in [-0.3, -0.25) is 9.35 Å². The Kier molecular flexibility index (Phi) is 2.50. The summed E-state index contributed by atoms with van der Waals surface area (Å²) in [6.07, 6.45) is 0.347. The highest BCUT2D eigenvalue weighted by Crippen LogP contribution is 2.19. The third kappa shape index (κ3) is 2.14. The maximum atomic E-state index is 10.4. The summed E-state index contributed by atoms with van der Waals surface area (Å²) in [5, 5.41) is 8.92. The first-order valence-corrected chi connectivity index (χ1v) is 4.65. The van der Waals surface area contributed by atoms with E-state index in [9.17, 15) is 13.2 Å². The van der Waals surface area contributed by atoms with Gasteiger partial charge in [-0.15, -0.1) is 0 Å². The van der Waals surface area contributed by atoms with E-state index in [1.807, 2.05) is 0 Å². The average Bonchev–Trinajstić information content (AvgIpc) is 2.48. The molecule has 7 heteroatoms. The summed E-state index contributed by atoms with van der Waals surface area (Å²) in [6.45, 7) is 0. The van der Waals surface area contributed by atoms with Gasteiger partial charge in [0, 0.05) is 0 Å². The molecular formula is C6H6O6S. The predicted octanol–water partition coefficient (Wildman–Crippen LogP) is -0.0292. The van der Waals surface area contributed by atoms with Crippen molar-refractivity contribution in [2.75, 3.05) is 0 Å². The van der Waals surface area contributed by atoms with Gasteiger partial charge in [0.25, 0.3) is 10.1 Å². The van der Waals surface area contributed by atoms with E-state index < -0.39 is 21.3 Å². The summed E-state index contributed by atoms with van der Waals surface area (Å²) in [6, 6.07) is 2.26. The second-order valence-electron chi connectivity index (χ2n) is 2.23. The van der Waals surface area contributed by atoms with Crippen molar-refractivity contribution in [3.8, 4) is 0 Å².